The lowest BCUT2D eigenvalue weighted by Gasteiger charge is -2.31. The average Bonchev–Trinajstić information content (AvgIpc) is 3.26. The number of carbonyl (C=O) groups is 1. The third-order valence-corrected chi connectivity index (χ3v) is 4.80. The molecule has 0 radical (unpaired) electrons. The molecule has 1 amide bonds. The van der Waals surface area contributed by atoms with Crippen LogP contribution in [0.3, 0.4) is 0 Å². The third-order valence-electron chi connectivity index (χ3n) is 4.80. The highest BCUT2D eigenvalue weighted by Crippen LogP contribution is 2.25. The van der Waals surface area contributed by atoms with E-state index in [1.54, 1.807) is 12.3 Å². The second-order valence-corrected chi connectivity index (χ2v) is 6.63. The molecule has 28 heavy (non-hydrogen) atoms. The minimum Gasteiger partial charge on any atom is -0.463 e. The number of hydrogen-bond acceptors (Lipinski definition) is 5. The summed E-state index contributed by atoms with van der Waals surface area (Å²) in [6, 6.07) is 10.7. The molecule has 144 valence electrons. The molecule has 1 aliphatic rings. The van der Waals surface area contributed by atoms with Crippen LogP contribution in [0.1, 0.15) is 12.8 Å². The molecule has 1 saturated heterocycles. The van der Waals surface area contributed by atoms with Gasteiger partial charge in [0.05, 0.1) is 6.26 Å². The number of halogens is 2. The number of anilines is 2. The molecular formula is C20H18F2N4O2. The molecule has 0 aliphatic carbocycles. The van der Waals surface area contributed by atoms with Gasteiger partial charge in [-0.2, -0.15) is 0 Å². The first-order valence-electron chi connectivity index (χ1n) is 8.98. The van der Waals surface area contributed by atoms with Crippen LogP contribution in [0.5, 0.6) is 0 Å². The van der Waals surface area contributed by atoms with Crippen molar-refractivity contribution in [3.8, 4) is 11.5 Å². The van der Waals surface area contributed by atoms with Gasteiger partial charge in [0.25, 0.3) is 0 Å². The van der Waals surface area contributed by atoms with Crippen LogP contribution in [0.25, 0.3) is 11.5 Å². The summed E-state index contributed by atoms with van der Waals surface area (Å²) in [6.45, 7) is 1.31. The maximum absolute atomic E-state index is 13.3. The molecule has 0 saturated carbocycles. The molecule has 0 spiro atoms. The van der Waals surface area contributed by atoms with Crippen LogP contribution in [0.2, 0.25) is 0 Å². The fraction of sp³-hybridized carbons (Fsp3) is 0.250. The molecule has 1 aliphatic heterocycles. The van der Waals surface area contributed by atoms with E-state index in [-0.39, 0.29) is 17.5 Å². The van der Waals surface area contributed by atoms with Gasteiger partial charge >= 0.3 is 0 Å². The highest BCUT2D eigenvalue weighted by Gasteiger charge is 2.26. The largest absolute Gasteiger partial charge is 0.463 e. The quantitative estimate of drug-likeness (QED) is 0.739. The van der Waals surface area contributed by atoms with Gasteiger partial charge < -0.3 is 14.6 Å². The smallest absolute Gasteiger partial charge is 0.227 e. The zero-order chi connectivity index (χ0) is 19.5. The lowest BCUT2D eigenvalue weighted by atomic mass is 9.96. The van der Waals surface area contributed by atoms with Gasteiger partial charge in [-0.3, -0.25) is 4.79 Å². The van der Waals surface area contributed by atoms with Crippen LogP contribution in [-0.2, 0) is 4.79 Å². The van der Waals surface area contributed by atoms with E-state index in [9.17, 15) is 13.6 Å². The van der Waals surface area contributed by atoms with Crippen molar-refractivity contribution in [3.05, 3.63) is 60.4 Å². The number of aromatic nitrogens is 2. The number of rotatable bonds is 4. The minimum absolute atomic E-state index is 0.190. The Kier molecular flexibility index (Phi) is 5.01. The zero-order valence-corrected chi connectivity index (χ0v) is 14.9. The molecule has 0 bridgehead atoms. The van der Waals surface area contributed by atoms with Crippen molar-refractivity contribution in [3.63, 3.8) is 0 Å². The molecule has 0 unspecified atom stereocenters. The third kappa shape index (κ3) is 3.85. The summed E-state index contributed by atoms with van der Waals surface area (Å²) >= 11 is 0. The van der Waals surface area contributed by atoms with Gasteiger partial charge in [-0.1, -0.05) is 0 Å². The van der Waals surface area contributed by atoms with E-state index in [4.69, 9.17) is 4.42 Å². The fourth-order valence-electron chi connectivity index (χ4n) is 3.24. The Labute approximate surface area is 160 Å². The summed E-state index contributed by atoms with van der Waals surface area (Å²) in [5.74, 6) is -0.902. The van der Waals surface area contributed by atoms with E-state index in [1.165, 1.54) is 6.07 Å². The van der Waals surface area contributed by atoms with E-state index >= 15 is 0 Å². The average molecular weight is 384 g/mol. The Morgan fingerprint density at radius 1 is 1.07 bits per heavy atom. The Morgan fingerprint density at radius 3 is 2.54 bits per heavy atom. The van der Waals surface area contributed by atoms with Crippen LogP contribution in [0, 0.1) is 17.6 Å². The van der Waals surface area contributed by atoms with E-state index in [0.29, 0.717) is 37.4 Å². The van der Waals surface area contributed by atoms with E-state index in [2.05, 4.69) is 20.4 Å². The number of hydrogen-bond donors (Lipinski definition) is 1. The summed E-state index contributed by atoms with van der Waals surface area (Å²) in [4.78, 5) is 14.5. The molecule has 8 heteroatoms. The SMILES string of the molecule is O=C(Nc1ccc(F)c(F)c1)C1CCN(c2ccc(-c3ccco3)nn2)CC1. The van der Waals surface area contributed by atoms with Gasteiger partial charge in [0, 0.05) is 30.8 Å². The van der Waals surface area contributed by atoms with Crippen molar-refractivity contribution in [2.24, 2.45) is 5.92 Å². The summed E-state index contributed by atoms with van der Waals surface area (Å²) in [7, 11) is 0. The van der Waals surface area contributed by atoms with Gasteiger partial charge in [0.2, 0.25) is 5.91 Å². The number of amides is 1. The molecule has 2 aromatic heterocycles. The summed E-state index contributed by atoms with van der Waals surface area (Å²) in [6.07, 6.45) is 2.86. The zero-order valence-electron chi connectivity index (χ0n) is 14.9. The van der Waals surface area contributed by atoms with Crippen molar-refractivity contribution in [1.82, 2.24) is 10.2 Å². The lowest BCUT2D eigenvalue weighted by Crippen LogP contribution is -2.38. The Balaban J connectivity index is 1.33. The highest BCUT2D eigenvalue weighted by molar-refractivity contribution is 5.92. The number of benzene rings is 1. The maximum Gasteiger partial charge on any atom is 0.227 e. The van der Waals surface area contributed by atoms with E-state index in [1.807, 2.05) is 18.2 Å². The van der Waals surface area contributed by atoms with Crippen LogP contribution < -0.4 is 10.2 Å². The molecular weight excluding hydrogens is 366 g/mol. The van der Waals surface area contributed by atoms with E-state index in [0.717, 1.165) is 18.0 Å². The standard InChI is InChI=1S/C20H18F2N4O2/c21-15-4-3-14(12-16(15)22)23-20(27)13-7-9-26(10-8-13)19-6-5-17(24-25-19)18-2-1-11-28-18/h1-6,11-13H,7-10H2,(H,23,27). The van der Waals surface area contributed by atoms with Crippen LogP contribution in [-0.4, -0.2) is 29.2 Å². The monoisotopic (exact) mass is 384 g/mol. The van der Waals surface area contributed by atoms with Crippen LogP contribution >= 0.6 is 0 Å². The maximum atomic E-state index is 13.3. The van der Waals surface area contributed by atoms with Crippen molar-refractivity contribution >= 4 is 17.4 Å². The topological polar surface area (TPSA) is 71.3 Å². The molecule has 3 heterocycles. The number of furan rings is 1. The van der Waals surface area contributed by atoms with Gasteiger partial charge in [-0.15, -0.1) is 10.2 Å². The van der Waals surface area contributed by atoms with Crippen molar-refractivity contribution in [1.29, 1.82) is 0 Å². The second kappa shape index (κ2) is 7.75. The molecule has 0 atom stereocenters. The second-order valence-electron chi connectivity index (χ2n) is 6.63. The molecule has 4 rings (SSSR count). The summed E-state index contributed by atoms with van der Waals surface area (Å²) < 4.78 is 31.6. The van der Waals surface area contributed by atoms with Gasteiger partial charge in [0.15, 0.2) is 23.2 Å². The predicted octanol–water partition coefficient (Wildman–Crippen LogP) is 3.87. The lowest BCUT2D eigenvalue weighted by molar-refractivity contribution is -0.120. The van der Waals surface area contributed by atoms with Gasteiger partial charge in [0.1, 0.15) is 5.69 Å². The molecule has 1 N–H and O–H groups in total. The first-order chi connectivity index (χ1) is 13.6. The van der Waals surface area contributed by atoms with Crippen LogP contribution in [0.15, 0.2) is 53.1 Å². The number of carbonyl (C=O) groups excluding carboxylic acids is 1. The first kappa shape index (κ1) is 18.1. The number of nitrogens with one attached hydrogen (secondary N) is 1. The van der Waals surface area contributed by atoms with Crippen LogP contribution in [0.4, 0.5) is 20.3 Å². The molecule has 1 fully saturated rings. The molecule has 3 aromatic rings. The summed E-state index contributed by atoms with van der Waals surface area (Å²) in [5.41, 5.74) is 0.917. The predicted molar refractivity (Wildman–Crippen MR) is 99.7 cm³/mol. The van der Waals surface area contributed by atoms with Crippen molar-refractivity contribution < 1.29 is 18.0 Å². The first-order valence-corrected chi connectivity index (χ1v) is 8.98. The Hall–Kier alpha value is -3.29. The Bertz CT molecular complexity index is 953. The Morgan fingerprint density at radius 2 is 1.89 bits per heavy atom. The minimum atomic E-state index is -0.982. The van der Waals surface area contributed by atoms with Crippen molar-refractivity contribution in [2.45, 2.75) is 12.8 Å². The van der Waals surface area contributed by atoms with Gasteiger partial charge in [-0.25, -0.2) is 8.78 Å². The summed E-state index contributed by atoms with van der Waals surface area (Å²) in [5, 5.41) is 11.1. The fourth-order valence-corrected chi connectivity index (χ4v) is 3.24. The normalized spacial score (nSPS) is 14.9. The number of nitrogens with zero attached hydrogens (tertiary/aromatic N) is 3. The van der Waals surface area contributed by atoms with Crippen molar-refractivity contribution in [2.75, 3.05) is 23.3 Å². The van der Waals surface area contributed by atoms with E-state index < -0.39 is 11.6 Å². The number of piperidine rings is 1. The van der Waals surface area contributed by atoms with Gasteiger partial charge in [-0.05, 0) is 49.2 Å². The highest BCUT2D eigenvalue weighted by atomic mass is 19.2. The molecule has 6 nitrogen and oxygen atoms in total. The molecule has 1 aromatic carbocycles.